The molecule has 0 unspecified atom stereocenters. The number of pyridine rings is 2. The van der Waals surface area contributed by atoms with Crippen LogP contribution >= 0.6 is 0 Å². The maximum absolute atomic E-state index is 8.73. The van der Waals surface area contributed by atoms with E-state index >= 15 is 0 Å². The molecule has 2 aromatic heterocycles. The van der Waals surface area contributed by atoms with Crippen LogP contribution in [0, 0.1) is 24.9 Å². The van der Waals surface area contributed by atoms with E-state index in [0.717, 1.165) is 44.3 Å². The fraction of sp³-hybridized carbons (Fsp3) is 0.190. The Bertz CT molecular complexity index is 2030. The standard InChI is InChI=1S/C24H28NSi.C18H14N.Ir/c1-18(2)14-22-16-23(25-17-24(22)26(3,4)5)21-13-9-12-20(15-21)19-10-7-6-8-11-19;1-14-13-19-18(16-10-6-3-7-11-16)12-17(14)15-8-4-2-5-9-15;/h6-12,15-18H,14H2,1-5H3;2-10,12-13H,1H3;/q2*-1;/i14D2;1D3;. The van der Waals surface area contributed by atoms with Crippen molar-refractivity contribution >= 4 is 13.3 Å². The SMILES string of the molecule is [2H]C([2H])([2H])c1cnc(-c2[c-]cccc2)cc1-c1ccccc1.[2H]C([2H])(c1cc(-c2[c-]ccc(-c3ccccc3)c2)ncc1[Si](C)(C)C)C(C)C.[Ir]. The molecule has 0 bridgehead atoms. The van der Waals surface area contributed by atoms with Crippen molar-refractivity contribution in [3.8, 4) is 44.8 Å². The number of hydrogen-bond acceptors (Lipinski definition) is 2. The van der Waals surface area contributed by atoms with E-state index in [0.29, 0.717) is 11.3 Å². The molecule has 4 aromatic carbocycles. The van der Waals surface area contributed by atoms with Gasteiger partial charge in [0.2, 0.25) is 0 Å². The zero-order valence-corrected chi connectivity index (χ0v) is 30.3. The van der Waals surface area contributed by atoms with Crippen molar-refractivity contribution < 1.29 is 27.0 Å². The minimum absolute atomic E-state index is 0. The Morgan fingerprint density at radius 1 is 0.696 bits per heavy atom. The van der Waals surface area contributed by atoms with Crippen LogP contribution in [0.3, 0.4) is 0 Å². The first-order valence-corrected chi connectivity index (χ1v) is 18.8. The van der Waals surface area contributed by atoms with Crippen LogP contribution in [0.25, 0.3) is 44.8 Å². The van der Waals surface area contributed by atoms with Crippen LogP contribution in [0.2, 0.25) is 19.6 Å². The van der Waals surface area contributed by atoms with Crippen molar-refractivity contribution in [2.75, 3.05) is 0 Å². The smallest absolute Gasteiger partial charge is 0.0798 e. The van der Waals surface area contributed by atoms with Crippen LogP contribution in [0.4, 0.5) is 0 Å². The summed E-state index contributed by atoms with van der Waals surface area (Å²) in [5.41, 5.74) is 8.08. The minimum atomic E-state index is -2.20. The zero-order valence-electron chi connectivity index (χ0n) is 31.9. The van der Waals surface area contributed by atoms with Crippen molar-refractivity contribution in [3.05, 3.63) is 151 Å². The molecule has 0 N–H and O–H groups in total. The third kappa shape index (κ3) is 9.07. The summed E-state index contributed by atoms with van der Waals surface area (Å²) in [6, 6.07) is 43.5. The van der Waals surface area contributed by atoms with Gasteiger partial charge in [-0.15, -0.1) is 71.3 Å². The Morgan fingerprint density at radius 3 is 1.96 bits per heavy atom. The quantitative estimate of drug-likeness (QED) is 0.119. The number of aromatic nitrogens is 2. The summed E-state index contributed by atoms with van der Waals surface area (Å²) in [7, 11) is -1.73. The van der Waals surface area contributed by atoms with Crippen molar-refractivity contribution in [1.82, 2.24) is 9.97 Å². The van der Waals surface area contributed by atoms with Crippen LogP contribution < -0.4 is 5.19 Å². The van der Waals surface area contributed by atoms with Gasteiger partial charge in [-0.1, -0.05) is 112 Å². The predicted octanol–water partition coefficient (Wildman–Crippen LogP) is 10.5. The van der Waals surface area contributed by atoms with E-state index in [-0.39, 0.29) is 31.6 Å². The van der Waals surface area contributed by atoms with Gasteiger partial charge in [0.1, 0.15) is 0 Å². The molecule has 6 aromatic rings. The van der Waals surface area contributed by atoms with E-state index in [1.165, 1.54) is 6.20 Å². The maximum Gasteiger partial charge on any atom is 0.0798 e. The normalized spacial score (nSPS) is 13.1. The third-order valence-corrected chi connectivity index (χ3v) is 9.33. The van der Waals surface area contributed by atoms with Crippen molar-refractivity contribution in [2.45, 2.75) is 46.7 Å². The van der Waals surface area contributed by atoms with Gasteiger partial charge in [0.05, 0.1) is 8.07 Å². The molecule has 0 saturated carbocycles. The van der Waals surface area contributed by atoms with E-state index in [1.807, 2.05) is 117 Å². The monoisotopic (exact) mass is 800 g/mol. The molecule has 0 aliphatic rings. The third-order valence-electron chi connectivity index (χ3n) is 7.31. The first-order valence-electron chi connectivity index (χ1n) is 17.8. The van der Waals surface area contributed by atoms with Gasteiger partial charge in [0, 0.05) is 39.4 Å². The molecule has 46 heavy (non-hydrogen) atoms. The van der Waals surface area contributed by atoms with Crippen molar-refractivity contribution in [1.29, 1.82) is 0 Å². The average Bonchev–Trinajstić information content (AvgIpc) is 3.12. The second-order valence-electron chi connectivity index (χ2n) is 12.3. The van der Waals surface area contributed by atoms with Crippen LogP contribution in [-0.2, 0) is 26.5 Å². The summed E-state index contributed by atoms with van der Waals surface area (Å²) in [6.07, 6.45) is 1.95. The molecule has 0 atom stereocenters. The molecular formula is C42H42IrN2Si-2. The summed E-state index contributed by atoms with van der Waals surface area (Å²) in [4.78, 5) is 9.03. The molecule has 6 rings (SSSR count). The molecular weight excluding hydrogens is 753 g/mol. The predicted molar refractivity (Wildman–Crippen MR) is 194 cm³/mol. The fourth-order valence-electron chi connectivity index (χ4n) is 5.07. The molecule has 0 amide bonds. The van der Waals surface area contributed by atoms with Crippen molar-refractivity contribution in [3.63, 3.8) is 0 Å². The Kier molecular flexibility index (Phi) is 9.87. The molecule has 0 aliphatic carbocycles. The first-order chi connectivity index (χ1) is 23.7. The van der Waals surface area contributed by atoms with E-state index < -0.39 is 21.3 Å². The van der Waals surface area contributed by atoms with Gasteiger partial charge in [0.15, 0.2) is 0 Å². The van der Waals surface area contributed by atoms with E-state index in [9.17, 15) is 0 Å². The first kappa shape index (κ1) is 28.3. The number of aryl methyl sites for hydroxylation is 1. The molecule has 0 spiro atoms. The molecule has 2 heterocycles. The van der Waals surface area contributed by atoms with Gasteiger partial charge in [-0.25, -0.2) is 0 Å². The largest absolute Gasteiger partial charge is 0.305 e. The van der Waals surface area contributed by atoms with Gasteiger partial charge in [-0.05, 0) is 58.0 Å². The Hall–Kier alpha value is -3.95. The van der Waals surface area contributed by atoms with Crippen molar-refractivity contribution in [2.24, 2.45) is 5.92 Å². The number of hydrogen-bond donors (Lipinski definition) is 0. The van der Waals surface area contributed by atoms with E-state index in [2.05, 4.69) is 55.0 Å². The van der Waals surface area contributed by atoms with Gasteiger partial charge in [0.25, 0.3) is 0 Å². The average molecular weight is 800 g/mol. The van der Waals surface area contributed by atoms with Gasteiger partial charge < -0.3 is 9.97 Å². The zero-order chi connectivity index (χ0) is 36.1. The van der Waals surface area contributed by atoms with Gasteiger partial charge in [-0.3, -0.25) is 0 Å². The second-order valence-corrected chi connectivity index (χ2v) is 17.3. The maximum atomic E-state index is 8.73. The Balaban J connectivity index is 0.000000230. The molecule has 4 heteroatoms. The molecule has 0 aliphatic heterocycles. The van der Waals surface area contributed by atoms with Gasteiger partial charge in [-0.2, -0.15) is 0 Å². The number of rotatable bonds is 7. The van der Waals surface area contributed by atoms with Crippen LogP contribution in [0.15, 0.2) is 128 Å². The molecule has 0 saturated heterocycles. The summed E-state index contributed by atoms with van der Waals surface area (Å²) in [5, 5.41) is 1.09. The molecule has 0 fully saturated rings. The Labute approximate surface area is 297 Å². The van der Waals surface area contributed by atoms with Crippen LogP contribution in [0.5, 0.6) is 0 Å². The molecule has 1 radical (unpaired) electrons. The number of nitrogens with zero attached hydrogens (tertiary/aromatic N) is 2. The topological polar surface area (TPSA) is 25.8 Å². The second kappa shape index (κ2) is 16.0. The summed E-state index contributed by atoms with van der Waals surface area (Å²) >= 11 is 0. The fourth-order valence-corrected chi connectivity index (χ4v) is 6.47. The van der Waals surface area contributed by atoms with E-state index in [1.54, 1.807) is 0 Å². The van der Waals surface area contributed by atoms with Crippen LogP contribution in [0.1, 0.15) is 31.8 Å². The minimum Gasteiger partial charge on any atom is -0.305 e. The summed E-state index contributed by atoms with van der Waals surface area (Å²) < 4.78 is 40.6. The summed E-state index contributed by atoms with van der Waals surface area (Å²) in [6.45, 7) is 8.41. The Morgan fingerprint density at radius 2 is 1.33 bits per heavy atom. The van der Waals surface area contributed by atoms with Crippen LogP contribution in [-0.4, -0.2) is 18.0 Å². The molecule has 235 valence electrons. The molecule has 2 nitrogen and oxygen atoms in total. The van der Waals surface area contributed by atoms with Gasteiger partial charge >= 0.3 is 0 Å². The number of benzene rings is 4. The van der Waals surface area contributed by atoms with E-state index in [4.69, 9.17) is 11.8 Å². The summed E-state index contributed by atoms with van der Waals surface area (Å²) in [5.74, 6) is -0.113.